The Hall–Kier alpha value is -4.45. The van der Waals surface area contributed by atoms with Crippen LogP contribution in [0.15, 0.2) is 84.9 Å². The third-order valence-electron chi connectivity index (χ3n) is 5.89. The molecule has 4 rings (SSSR count). The van der Waals surface area contributed by atoms with Gasteiger partial charge in [0.05, 0.1) is 11.4 Å². The van der Waals surface area contributed by atoms with Crippen LogP contribution in [0.5, 0.6) is 34.5 Å². The minimum absolute atomic E-state index is 0. The summed E-state index contributed by atoms with van der Waals surface area (Å²) in [5.74, 6) is -0.329. The summed E-state index contributed by atoms with van der Waals surface area (Å²) >= 11 is 0. The van der Waals surface area contributed by atoms with Crippen molar-refractivity contribution in [3.8, 4) is 34.5 Å². The number of hydrogen-bond acceptors (Lipinski definition) is 6. The van der Waals surface area contributed by atoms with Crippen molar-refractivity contribution in [1.29, 1.82) is 0 Å². The molecule has 6 N–H and O–H groups in total. The van der Waals surface area contributed by atoms with Crippen LogP contribution in [0.2, 0.25) is 0 Å². The third kappa shape index (κ3) is 5.62. The molecule has 13 heteroatoms. The lowest BCUT2D eigenvalue weighted by molar-refractivity contribution is -0.288. The van der Waals surface area contributed by atoms with Gasteiger partial charge in [-0.3, -0.25) is 0 Å². The lowest BCUT2D eigenvalue weighted by atomic mass is 9.73. The van der Waals surface area contributed by atoms with Crippen LogP contribution in [0.4, 0.5) is 37.7 Å². The van der Waals surface area contributed by atoms with E-state index < -0.39 is 28.9 Å². The Morgan fingerprint density at radius 2 is 0.800 bits per heavy atom. The number of hydrogen-bond donors (Lipinski definition) is 4. The van der Waals surface area contributed by atoms with Crippen molar-refractivity contribution >= 4 is 23.8 Å². The van der Waals surface area contributed by atoms with Gasteiger partial charge in [0.1, 0.15) is 34.5 Å². The second kappa shape index (κ2) is 11.0. The van der Waals surface area contributed by atoms with E-state index in [1.807, 2.05) is 0 Å². The van der Waals surface area contributed by atoms with E-state index >= 15 is 0 Å². The fourth-order valence-electron chi connectivity index (χ4n) is 3.99. The first kappa shape index (κ1) is 30.1. The Labute approximate surface area is 229 Å². The average Bonchev–Trinajstić information content (AvgIpc) is 2.84. The van der Waals surface area contributed by atoms with E-state index in [0.717, 1.165) is 24.3 Å². The molecule has 0 aromatic heterocycles. The topological polar surface area (TPSA) is 111 Å². The van der Waals surface area contributed by atoms with Gasteiger partial charge in [-0.15, -0.1) is 12.4 Å². The summed E-state index contributed by atoms with van der Waals surface area (Å²) in [5.41, 5.74) is 4.56. The molecule has 0 radical (unpaired) electrons. The van der Waals surface area contributed by atoms with Crippen LogP contribution in [0.3, 0.4) is 0 Å². The van der Waals surface area contributed by atoms with Gasteiger partial charge in [0.2, 0.25) is 5.41 Å². The van der Waals surface area contributed by atoms with Crippen molar-refractivity contribution in [2.45, 2.75) is 17.8 Å². The number of alkyl halides is 6. The Morgan fingerprint density at radius 1 is 0.500 bits per heavy atom. The molecule has 0 amide bonds. The monoisotopic (exact) mass is 586 g/mol. The molecule has 0 unspecified atom stereocenters. The Balaban J connectivity index is 0.00000441. The van der Waals surface area contributed by atoms with Gasteiger partial charge in [-0.25, -0.2) is 0 Å². The normalized spacial score (nSPS) is 11.9. The quantitative estimate of drug-likeness (QED) is 0.105. The zero-order valence-corrected chi connectivity index (χ0v) is 20.9. The highest BCUT2D eigenvalue weighted by molar-refractivity contribution is 5.85. The van der Waals surface area contributed by atoms with Crippen molar-refractivity contribution < 1.29 is 46.0 Å². The van der Waals surface area contributed by atoms with Gasteiger partial charge in [-0.2, -0.15) is 26.3 Å². The van der Waals surface area contributed by atoms with Gasteiger partial charge in [0, 0.05) is 12.1 Å². The number of nitrogen functional groups attached to an aromatic ring is 2. The summed E-state index contributed by atoms with van der Waals surface area (Å²) in [5, 5.41) is 19.0. The molecular weight excluding hydrogens is 566 g/mol. The van der Waals surface area contributed by atoms with Crippen molar-refractivity contribution in [2.24, 2.45) is 0 Å². The number of aromatic hydroxyl groups is 2. The van der Waals surface area contributed by atoms with Crippen molar-refractivity contribution in [2.75, 3.05) is 11.5 Å². The van der Waals surface area contributed by atoms with E-state index in [0.29, 0.717) is 24.3 Å². The van der Waals surface area contributed by atoms with Gasteiger partial charge in [-0.1, -0.05) is 24.3 Å². The van der Waals surface area contributed by atoms with Crippen LogP contribution >= 0.6 is 12.4 Å². The maximum atomic E-state index is 14.4. The lowest BCUT2D eigenvalue weighted by Gasteiger charge is -2.38. The first-order valence-electron chi connectivity index (χ1n) is 11.1. The number of ether oxygens (including phenoxy) is 2. The summed E-state index contributed by atoms with van der Waals surface area (Å²) in [6.07, 6.45) is -11.6. The smallest absolute Gasteiger partial charge is 0.411 e. The molecule has 0 aliphatic rings. The second-order valence-electron chi connectivity index (χ2n) is 8.44. The Morgan fingerprint density at radius 3 is 1.07 bits per heavy atom. The first-order valence-corrected chi connectivity index (χ1v) is 11.1. The molecule has 0 aliphatic heterocycles. The lowest BCUT2D eigenvalue weighted by Crippen LogP contribution is -2.54. The van der Waals surface area contributed by atoms with Crippen molar-refractivity contribution in [3.05, 3.63) is 96.1 Å². The van der Waals surface area contributed by atoms with Crippen LogP contribution in [0.1, 0.15) is 11.1 Å². The number of phenols is 2. The fraction of sp³-hybridized carbons (Fsp3) is 0.111. The van der Waals surface area contributed by atoms with E-state index in [-0.39, 0.29) is 58.3 Å². The molecule has 4 aromatic carbocycles. The Bertz CT molecular complexity index is 1360. The highest BCUT2D eigenvalue weighted by Crippen LogP contribution is 2.56. The van der Waals surface area contributed by atoms with E-state index in [1.54, 1.807) is 0 Å². The van der Waals surface area contributed by atoms with Crippen LogP contribution in [-0.4, -0.2) is 22.6 Å². The molecule has 212 valence electrons. The fourth-order valence-corrected chi connectivity index (χ4v) is 3.99. The van der Waals surface area contributed by atoms with E-state index in [4.69, 9.17) is 20.9 Å². The molecule has 4 aromatic rings. The minimum atomic E-state index is -5.78. The first-order chi connectivity index (χ1) is 18.2. The molecular formula is C27H21ClF6N2O4. The van der Waals surface area contributed by atoms with Gasteiger partial charge in [-0.05, 0) is 59.7 Å². The zero-order chi connectivity index (χ0) is 28.6. The summed E-state index contributed by atoms with van der Waals surface area (Å²) in [6, 6.07) is 14.2. The van der Waals surface area contributed by atoms with Crippen molar-refractivity contribution in [3.63, 3.8) is 0 Å². The number of nitrogens with two attached hydrogens (primary N) is 2. The maximum absolute atomic E-state index is 14.4. The standard InChI is InChI=1S/C27H20F6N2O4.ClH/c28-26(29,30)25(27(31,32)33,15-1-5-17(6-2-15)38-19-9-11-23(36)21(34)13-19)16-3-7-18(8-4-16)39-20-10-12-24(37)22(35)14-20;/h1-14,36-37H,34-35H2;1H. The average molecular weight is 587 g/mol. The highest BCUT2D eigenvalue weighted by atomic mass is 35.5. The third-order valence-corrected chi connectivity index (χ3v) is 5.89. The van der Waals surface area contributed by atoms with Crippen LogP contribution < -0.4 is 20.9 Å². The number of benzene rings is 4. The summed E-state index contributed by atoms with van der Waals surface area (Å²) in [7, 11) is 0. The number of anilines is 2. The highest BCUT2D eigenvalue weighted by Gasteiger charge is 2.72. The van der Waals surface area contributed by atoms with Gasteiger partial charge < -0.3 is 31.2 Å². The Kier molecular flexibility index (Phi) is 8.25. The van der Waals surface area contributed by atoms with Crippen LogP contribution in [-0.2, 0) is 5.41 Å². The van der Waals surface area contributed by atoms with E-state index in [2.05, 4.69) is 0 Å². The van der Waals surface area contributed by atoms with Crippen LogP contribution in [0.25, 0.3) is 0 Å². The zero-order valence-electron chi connectivity index (χ0n) is 20.1. The van der Waals surface area contributed by atoms with Crippen LogP contribution in [0, 0.1) is 0 Å². The molecule has 0 saturated carbocycles. The predicted octanol–water partition coefficient (Wildman–Crippen LogP) is 7.68. The summed E-state index contributed by atoms with van der Waals surface area (Å²) < 4.78 is 97.6. The summed E-state index contributed by atoms with van der Waals surface area (Å²) in [4.78, 5) is 0. The molecule has 0 spiro atoms. The molecule has 0 fully saturated rings. The number of phenolic OH excluding ortho intramolecular Hbond substituents is 2. The minimum Gasteiger partial charge on any atom is -0.506 e. The molecule has 0 atom stereocenters. The largest absolute Gasteiger partial charge is 0.506 e. The van der Waals surface area contributed by atoms with Gasteiger partial charge in [0.15, 0.2) is 0 Å². The molecule has 0 bridgehead atoms. The maximum Gasteiger partial charge on any atom is 0.411 e. The van der Waals surface area contributed by atoms with E-state index in [1.165, 1.54) is 36.4 Å². The number of halogens is 7. The summed E-state index contributed by atoms with van der Waals surface area (Å²) in [6.45, 7) is 0. The number of rotatable bonds is 6. The molecule has 6 nitrogen and oxygen atoms in total. The molecule has 0 saturated heterocycles. The van der Waals surface area contributed by atoms with Gasteiger partial charge >= 0.3 is 12.4 Å². The van der Waals surface area contributed by atoms with Crippen molar-refractivity contribution in [1.82, 2.24) is 0 Å². The van der Waals surface area contributed by atoms with E-state index in [9.17, 15) is 36.6 Å². The molecule has 0 aliphatic carbocycles. The van der Waals surface area contributed by atoms with Gasteiger partial charge in [0.25, 0.3) is 0 Å². The molecule has 40 heavy (non-hydrogen) atoms. The second-order valence-corrected chi connectivity index (χ2v) is 8.44. The SMILES string of the molecule is Cl.Nc1cc(Oc2ccc(C(c3ccc(Oc4ccc(O)c(N)c4)cc3)(C(F)(F)F)C(F)(F)F)cc2)ccc1O. The predicted molar refractivity (Wildman–Crippen MR) is 138 cm³/mol. The molecule has 0 heterocycles.